The summed E-state index contributed by atoms with van der Waals surface area (Å²) in [6.07, 6.45) is 0. The SMILES string of the molecule is Fc1cc(F)c(N2c3cc4c(cc3B3c5ccccc5N(c5ccccc5)c5cc(N(c6ccccc6)c6ccccc6)cc2c53)B2c3ccccc3N(c3ccccc3)c3cc(N(c5ccc(-c6ccccc6)cc5)c5cccc(-c6ccccc6)c5)cc(c32)S4)c(-c2ccccc2)c1. The Labute approximate surface area is 585 Å². The third-order valence-electron chi connectivity index (χ3n) is 20.1. The predicted molar refractivity (Wildman–Crippen MR) is 416 cm³/mol. The lowest BCUT2D eigenvalue weighted by Crippen LogP contribution is -2.64. The Hall–Kier alpha value is -12.4. The van der Waals surface area contributed by atoms with Gasteiger partial charge < -0.3 is 24.5 Å². The van der Waals surface area contributed by atoms with Crippen LogP contribution in [-0.2, 0) is 0 Å². The van der Waals surface area contributed by atoms with Gasteiger partial charge in [-0.25, -0.2) is 8.78 Å². The first-order chi connectivity index (χ1) is 49.5. The smallest absolute Gasteiger partial charge is 0.252 e. The summed E-state index contributed by atoms with van der Waals surface area (Å²) in [6, 6.07) is 125. The molecule has 0 saturated heterocycles. The second-order valence-electron chi connectivity index (χ2n) is 25.8. The number of para-hydroxylation sites is 6. The monoisotopic (exact) mass is 1300 g/mol. The molecule has 100 heavy (non-hydrogen) atoms. The molecule has 0 amide bonds. The second kappa shape index (κ2) is 24.3. The fraction of sp³-hybridized carbons (Fsp3) is 0. The van der Waals surface area contributed by atoms with E-state index in [0.717, 1.165) is 140 Å². The minimum Gasteiger partial charge on any atom is -0.311 e. The van der Waals surface area contributed by atoms with Crippen LogP contribution in [0.15, 0.2) is 368 Å². The molecule has 0 bridgehead atoms. The Kier molecular flexibility index (Phi) is 14.3. The molecule has 0 radical (unpaired) electrons. The van der Waals surface area contributed by atoms with Crippen molar-refractivity contribution in [2.45, 2.75) is 9.79 Å². The van der Waals surface area contributed by atoms with Crippen LogP contribution in [0.2, 0.25) is 0 Å². The quantitative estimate of drug-likeness (QED) is 0.113. The number of hydrogen-bond donors (Lipinski definition) is 0. The molecule has 0 saturated carbocycles. The standard InChI is InChI=1S/C90H59B2F2N5S/c93-65-52-74(63-31-12-3-13-32-63)90(79(94)53-65)99-82-59-86-78(58-77(82)91-75-43-22-24-45-80(75)97(68-38-18-6-19-39-68)83-54-72(55-84(99)88(83)91)95(66-34-14-4-15-35-66)67-36-16-5-17-37-67)92-76-44-23-25-46-81(76)98(69-40-20-7-21-41-69)85-56-73(57-87(100-86)89(85)92)96(70-49-47-62(48-50-70)60-27-8-1-9-28-60)71-42-26-33-64(51-71)61-29-10-2-11-30-61/h1-59H. The minimum atomic E-state index is -0.679. The molecule has 0 fully saturated rings. The van der Waals surface area contributed by atoms with Gasteiger partial charge >= 0.3 is 0 Å². The van der Waals surface area contributed by atoms with Crippen molar-refractivity contribution in [1.82, 2.24) is 0 Å². The zero-order valence-electron chi connectivity index (χ0n) is 54.1. The molecule has 15 aromatic rings. The Morgan fingerprint density at radius 2 is 0.690 bits per heavy atom. The molecule has 0 aliphatic carbocycles. The van der Waals surface area contributed by atoms with E-state index < -0.39 is 11.6 Å². The number of benzene rings is 15. The molecule has 470 valence electrons. The van der Waals surface area contributed by atoms with Gasteiger partial charge in [-0.2, -0.15) is 0 Å². The van der Waals surface area contributed by atoms with Crippen LogP contribution in [0.3, 0.4) is 0 Å². The molecule has 0 spiro atoms. The molecule has 15 aromatic carbocycles. The first-order valence-corrected chi connectivity index (χ1v) is 34.7. The van der Waals surface area contributed by atoms with Crippen molar-refractivity contribution in [3.05, 3.63) is 370 Å². The van der Waals surface area contributed by atoms with Crippen molar-refractivity contribution in [2.24, 2.45) is 0 Å². The van der Waals surface area contributed by atoms with Gasteiger partial charge in [0.25, 0.3) is 6.71 Å². The molecule has 4 aliphatic rings. The van der Waals surface area contributed by atoms with Crippen LogP contribution in [-0.4, -0.2) is 13.4 Å². The van der Waals surface area contributed by atoms with Crippen LogP contribution >= 0.6 is 11.8 Å². The molecular formula is C90H59B2F2N5S. The lowest BCUT2D eigenvalue weighted by Gasteiger charge is -2.46. The summed E-state index contributed by atoms with van der Waals surface area (Å²) in [4.78, 5) is 13.8. The van der Waals surface area contributed by atoms with E-state index in [1.54, 1.807) is 11.8 Å². The number of halogens is 2. The summed E-state index contributed by atoms with van der Waals surface area (Å²) in [6.45, 7) is -0.611. The average molecular weight is 1300 g/mol. The fourth-order valence-electron chi connectivity index (χ4n) is 15.9. The van der Waals surface area contributed by atoms with Crippen LogP contribution in [0.1, 0.15) is 0 Å². The molecule has 10 heteroatoms. The maximum Gasteiger partial charge on any atom is 0.252 e. The summed E-state index contributed by atoms with van der Waals surface area (Å²) < 4.78 is 35.1. The third-order valence-corrected chi connectivity index (χ3v) is 21.2. The summed E-state index contributed by atoms with van der Waals surface area (Å²) in [5.41, 5.74) is 26.1. The van der Waals surface area contributed by atoms with E-state index in [0.29, 0.717) is 11.1 Å². The largest absolute Gasteiger partial charge is 0.311 e. The van der Waals surface area contributed by atoms with Crippen LogP contribution in [0.5, 0.6) is 0 Å². The van der Waals surface area contributed by atoms with Crippen molar-refractivity contribution in [1.29, 1.82) is 0 Å². The molecule has 0 unspecified atom stereocenters. The molecule has 0 aromatic heterocycles. The summed E-state index contributed by atoms with van der Waals surface area (Å²) in [5, 5.41) is 0. The highest BCUT2D eigenvalue weighted by Gasteiger charge is 2.48. The maximum absolute atomic E-state index is 18.6. The lowest BCUT2D eigenvalue weighted by atomic mass is 9.31. The van der Waals surface area contributed by atoms with Crippen molar-refractivity contribution in [3.8, 4) is 33.4 Å². The van der Waals surface area contributed by atoms with Gasteiger partial charge in [0.05, 0.1) is 11.4 Å². The minimum absolute atomic E-state index is 0.249. The summed E-state index contributed by atoms with van der Waals surface area (Å²) in [7, 11) is 0. The second-order valence-corrected chi connectivity index (χ2v) is 26.9. The van der Waals surface area contributed by atoms with Gasteiger partial charge in [-0.05, 0) is 176 Å². The van der Waals surface area contributed by atoms with Gasteiger partial charge in [0, 0.05) is 95.4 Å². The van der Waals surface area contributed by atoms with Crippen LogP contribution in [0.25, 0.3) is 33.4 Å². The number of rotatable bonds is 12. The van der Waals surface area contributed by atoms with Gasteiger partial charge in [0.15, 0.2) is 5.82 Å². The number of anilines is 15. The van der Waals surface area contributed by atoms with E-state index in [-0.39, 0.29) is 19.1 Å². The summed E-state index contributed by atoms with van der Waals surface area (Å²) in [5.74, 6) is -1.34. The Morgan fingerprint density at radius 3 is 1.27 bits per heavy atom. The van der Waals surface area contributed by atoms with E-state index in [1.165, 1.54) is 17.0 Å². The van der Waals surface area contributed by atoms with Crippen molar-refractivity contribution < 1.29 is 8.78 Å². The van der Waals surface area contributed by atoms with Gasteiger partial charge in [-0.1, -0.05) is 248 Å². The third kappa shape index (κ3) is 9.84. The first kappa shape index (κ1) is 58.9. The normalized spacial score (nSPS) is 12.8. The van der Waals surface area contributed by atoms with E-state index in [1.807, 2.05) is 42.5 Å². The van der Waals surface area contributed by atoms with Crippen molar-refractivity contribution in [2.75, 3.05) is 24.5 Å². The van der Waals surface area contributed by atoms with E-state index in [9.17, 15) is 0 Å². The number of hydrogen-bond acceptors (Lipinski definition) is 6. The maximum atomic E-state index is 18.6. The Bertz CT molecular complexity index is 5610. The van der Waals surface area contributed by atoms with Crippen molar-refractivity contribution >= 4 is 143 Å². The van der Waals surface area contributed by atoms with Gasteiger partial charge in [0.2, 0.25) is 6.71 Å². The highest BCUT2D eigenvalue weighted by molar-refractivity contribution is 8.00. The predicted octanol–water partition coefficient (Wildman–Crippen LogP) is 20.8. The van der Waals surface area contributed by atoms with Crippen LogP contribution in [0.4, 0.5) is 94.1 Å². The molecule has 19 rings (SSSR count). The van der Waals surface area contributed by atoms with Gasteiger partial charge in [-0.3, -0.25) is 0 Å². The molecule has 0 N–H and O–H groups in total. The molecule has 4 aliphatic heterocycles. The topological polar surface area (TPSA) is 16.2 Å². The van der Waals surface area contributed by atoms with E-state index in [4.69, 9.17) is 0 Å². The fourth-order valence-corrected chi connectivity index (χ4v) is 17.1. The van der Waals surface area contributed by atoms with E-state index >= 15 is 8.78 Å². The highest BCUT2D eigenvalue weighted by Crippen LogP contribution is 2.53. The average Bonchev–Trinajstić information content (AvgIpc) is 0.687. The van der Waals surface area contributed by atoms with Gasteiger partial charge in [0.1, 0.15) is 5.82 Å². The zero-order valence-corrected chi connectivity index (χ0v) is 54.9. The highest BCUT2D eigenvalue weighted by atomic mass is 32.2. The van der Waals surface area contributed by atoms with Crippen LogP contribution in [0, 0.1) is 11.6 Å². The van der Waals surface area contributed by atoms with E-state index in [2.05, 4.69) is 328 Å². The molecule has 0 atom stereocenters. The molecule has 4 heterocycles. The van der Waals surface area contributed by atoms with Gasteiger partial charge in [-0.15, -0.1) is 0 Å². The molecule has 5 nitrogen and oxygen atoms in total. The Balaban J connectivity index is 0.899. The first-order valence-electron chi connectivity index (χ1n) is 33.9. The Morgan fingerprint density at radius 1 is 0.260 bits per heavy atom. The summed E-state index contributed by atoms with van der Waals surface area (Å²) >= 11 is 1.76. The van der Waals surface area contributed by atoms with Crippen molar-refractivity contribution in [3.63, 3.8) is 0 Å². The number of fused-ring (bicyclic) bond motifs is 8. The lowest BCUT2D eigenvalue weighted by molar-refractivity contribution is 0.585. The zero-order chi connectivity index (χ0) is 66.4. The number of nitrogens with zero attached hydrogens (tertiary/aromatic N) is 5. The molecular weight excluding hydrogens is 1240 g/mol. The van der Waals surface area contributed by atoms with Crippen LogP contribution < -0.4 is 57.3 Å².